The number of nitrogens with one attached hydrogen (secondary N) is 1. The summed E-state index contributed by atoms with van der Waals surface area (Å²) in [5.41, 5.74) is 10.4. The Morgan fingerprint density at radius 3 is 2.53 bits per heavy atom. The molecule has 0 spiro atoms. The zero-order valence-corrected chi connectivity index (χ0v) is 18.9. The van der Waals surface area contributed by atoms with Crippen LogP contribution in [0.5, 0.6) is 11.5 Å². The van der Waals surface area contributed by atoms with Gasteiger partial charge < -0.3 is 15.8 Å². The van der Waals surface area contributed by atoms with Crippen LogP contribution in [0.1, 0.15) is 16.1 Å². The minimum absolute atomic E-state index is 0.212. The number of ether oxygens (including phenoxy) is 1. The van der Waals surface area contributed by atoms with Crippen molar-refractivity contribution in [1.82, 2.24) is 15.0 Å². The number of para-hydroxylation sites is 1. The molecule has 168 valence electrons. The van der Waals surface area contributed by atoms with Crippen LogP contribution in [-0.4, -0.2) is 20.9 Å². The van der Waals surface area contributed by atoms with Crippen molar-refractivity contribution in [3.05, 3.63) is 107 Å². The molecule has 5 aromatic rings. The number of benzene rings is 3. The van der Waals surface area contributed by atoms with E-state index in [-0.39, 0.29) is 11.6 Å². The Morgan fingerprint density at radius 2 is 1.76 bits per heavy atom. The molecule has 0 saturated heterocycles. The summed E-state index contributed by atoms with van der Waals surface area (Å²) in [6, 6.07) is 24.9. The Labute approximate surface area is 200 Å². The third-order valence-corrected chi connectivity index (χ3v) is 5.86. The Morgan fingerprint density at radius 1 is 0.971 bits per heavy atom. The summed E-state index contributed by atoms with van der Waals surface area (Å²) >= 11 is 1.61. The highest BCUT2D eigenvalue weighted by Gasteiger charge is 2.14. The SMILES string of the molecule is Nc1ccc(-c2ccsc2)cc1NC(=O)c1cn(Cc2ccc(Oc3ccccc3)cc2)nn1. The first-order chi connectivity index (χ1) is 16.6. The van der Waals surface area contributed by atoms with E-state index in [1.165, 1.54) is 0 Å². The highest BCUT2D eigenvalue weighted by molar-refractivity contribution is 7.08. The zero-order valence-electron chi connectivity index (χ0n) is 18.1. The molecule has 1 amide bonds. The minimum Gasteiger partial charge on any atom is -0.457 e. The number of amides is 1. The van der Waals surface area contributed by atoms with Crippen LogP contribution in [0.4, 0.5) is 11.4 Å². The van der Waals surface area contributed by atoms with Crippen LogP contribution in [-0.2, 0) is 6.54 Å². The second-order valence-corrected chi connectivity index (χ2v) is 8.41. The molecule has 2 aromatic heterocycles. The van der Waals surface area contributed by atoms with Gasteiger partial charge in [0.05, 0.1) is 24.1 Å². The van der Waals surface area contributed by atoms with Gasteiger partial charge in [-0.25, -0.2) is 4.68 Å². The van der Waals surface area contributed by atoms with Gasteiger partial charge in [0.25, 0.3) is 5.91 Å². The first-order valence-corrected chi connectivity index (χ1v) is 11.5. The quantitative estimate of drug-likeness (QED) is 0.300. The summed E-state index contributed by atoms with van der Waals surface area (Å²) in [4.78, 5) is 12.8. The number of hydrogen-bond acceptors (Lipinski definition) is 6. The number of aromatic nitrogens is 3. The molecule has 7 nitrogen and oxygen atoms in total. The molecule has 0 aliphatic carbocycles. The van der Waals surface area contributed by atoms with Gasteiger partial charge in [0, 0.05) is 0 Å². The fourth-order valence-corrected chi connectivity index (χ4v) is 4.08. The lowest BCUT2D eigenvalue weighted by atomic mass is 10.1. The molecule has 0 unspecified atom stereocenters. The normalized spacial score (nSPS) is 10.7. The largest absolute Gasteiger partial charge is 0.457 e. The van der Waals surface area contributed by atoms with Crippen molar-refractivity contribution < 1.29 is 9.53 Å². The van der Waals surface area contributed by atoms with Gasteiger partial charge in [0.2, 0.25) is 0 Å². The van der Waals surface area contributed by atoms with Crippen molar-refractivity contribution in [3.63, 3.8) is 0 Å². The monoisotopic (exact) mass is 467 g/mol. The number of carbonyl (C=O) groups excluding carboxylic acids is 1. The summed E-state index contributed by atoms with van der Waals surface area (Å²) in [7, 11) is 0. The molecule has 5 rings (SSSR count). The van der Waals surface area contributed by atoms with Crippen molar-refractivity contribution in [2.24, 2.45) is 0 Å². The predicted octanol–water partition coefficient (Wildman–Crippen LogP) is 5.68. The number of thiophene rings is 1. The maximum Gasteiger partial charge on any atom is 0.277 e. The first kappa shape index (κ1) is 21.4. The van der Waals surface area contributed by atoms with Gasteiger partial charge in [0.15, 0.2) is 5.69 Å². The highest BCUT2D eigenvalue weighted by Crippen LogP contribution is 2.29. The van der Waals surface area contributed by atoms with E-state index in [4.69, 9.17) is 10.5 Å². The molecule has 0 aliphatic heterocycles. The molecule has 0 radical (unpaired) electrons. The van der Waals surface area contributed by atoms with Gasteiger partial charge in [-0.3, -0.25) is 4.79 Å². The number of carbonyl (C=O) groups is 1. The van der Waals surface area contributed by atoms with E-state index < -0.39 is 0 Å². The summed E-state index contributed by atoms with van der Waals surface area (Å²) in [6.07, 6.45) is 1.61. The maximum absolute atomic E-state index is 12.8. The van der Waals surface area contributed by atoms with E-state index in [1.807, 2.05) is 83.6 Å². The minimum atomic E-state index is -0.368. The third kappa shape index (κ3) is 4.97. The van der Waals surface area contributed by atoms with Crippen LogP contribution in [0.3, 0.4) is 0 Å². The average molecular weight is 468 g/mol. The lowest BCUT2D eigenvalue weighted by Gasteiger charge is -2.09. The van der Waals surface area contributed by atoms with Crippen LogP contribution in [0.15, 0.2) is 95.8 Å². The molecule has 8 heteroatoms. The molecule has 2 heterocycles. The van der Waals surface area contributed by atoms with Gasteiger partial charge in [0.1, 0.15) is 11.5 Å². The average Bonchev–Trinajstić information content (AvgIpc) is 3.55. The Kier molecular flexibility index (Phi) is 6.05. The van der Waals surface area contributed by atoms with Gasteiger partial charge in [-0.1, -0.05) is 41.6 Å². The molecular weight excluding hydrogens is 446 g/mol. The standard InChI is InChI=1S/C26H21N5O2S/c27-23-11-8-19(20-12-13-34-17-20)14-24(23)28-26(32)25-16-31(30-29-25)15-18-6-9-22(10-7-18)33-21-4-2-1-3-5-21/h1-14,16-17H,15,27H2,(H,28,32). The molecule has 3 N–H and O–H groups in total. The van der Waals surface area contributed by atoms with Crippen LogP contribution in [0.25, 0.3) is 11.1 Å². The van der Waals surface area contributed by atoms with E-state index in [0.717, 1.165) is 28.2 Å². The smallest absolute Gasteiger partial charge is 0.277 e. The zero-order chi connectivity index (χ0) is 23.3. The summed E-state index contributed by atoms with van der Waals surface area (Å²) in [5, 5.41) is 15.0. The molecule has 0 aliphatic rings. The highest BCUT2D eigenvalue weighted by atomic mass is 32.1. The summed E-state index contributed by atoms with van der Waals surface area (Å²) in [5.74, 6) is 1.16. The summed E-state index contributed by atoms with van der Waals surface area (Å²) in [6.45, 7) is 0.474. The molecule has 0 saturated carbocycles. The van der Waals surface area contributed by atoms with E-state index in [9.17, 15) is 4.79 Å². The van der Waals surface area contributed by atoms with Crippen LogP contribution in [0.2, 0.25) is 0 Å². The van der Waals surface area contributed by atoms with Gasteiger partial charge in [-0.05, 0) is 69.9 Å². The predicted molar refractivity (Wildman–Crippen MR) is 134 cm³/mol. The number of nitrogen functional groups attached to an aromatic ring is 1. The maximum atomic E-state index is 12.8. The van der Waals surface area contributed by atoms with Gasteiger partial charge in [-0.15, -0.1) is 5.10 Å². The third-order valence-electron chi connectivity index (χ3n) is 5.17. The van der Waals surface area contributed by atoms with Crippen molar-refractivity contribution in [3.8, 4) is 22.6 Å². The number of rotatable bonds is 7. The van der Waals surface area contributed by atoms with Crippen molar-refractivity contribution in [2.45, 2.75) is 6.54 Å². The molecule has 3 aromatic carbocycles. The van der Waals surface area contributed by atoms with Crippen molar-refractivity contribution in [2.75, 3.05) is 11.1 Å². The molecular formula is C26H21N5O2S. The molecule has 0 fully saturated rings. The fourth-order valence-electron chi connectivity index (χ4n) is 3.41. The Balaban J connectivity index is 1.23. The van der Waals surface area contributed by atoms with Crippen molar-refractivity contribution in [1.29, 1.82) is 0 Å². The first-order valence-electron chi connectivity index (χ1n) is 10.6. The Hall–Kier alpha value is -4.43. The van der Waals surface area contributed by atoms with Crippen LogP contribution in [0, 0.1) is 0 Å². The number of hydrogen-bond donors (Lipinski definition) is 2. The van der Waals surface area contributed by atoms with E-state index >= 15 is 0 Å². The van der Waals surface area contributed by atoms with E-state index in [0.29, 0.717) is 17.9 Å². The Bertz CT molecular complexity index is 1400. The van der Waals surface area contributed by atoms with Gasteiger partial charge >= 0.3 is 0 Å². The van der Waals surface area contributed by atoms with Crippen LogP contribution < -0.4 is 15.8 Å². The number of anilines is 2. The van der Waals surface area contributed by atoms with Crippen molar-refractivity contribution >= 4 is 28.6 Å². The van der Waals surface area contributed by atoms with E-state index in [1.54, 1.807) is 28.3 Å². The molecule has 34 heavy (non-hydrogen) atoms. The lowest BCUT2D eigenvalue weighted by Crippen LogP contribution is -2.13. The number of nitrogens with zero attached hydrogens (tertiary/aromatic N) is 3. The lowest BCUT2D eigenvalue weighted by molar-refractivity contribution is 0.102. The second kappa shape index (κ2) is 9.60. The topological polar surface area (TPSA) is 95.1 Å². The number of nitrogens with two attached hydrogens (primary N) is 1. The van der Waals surface area contributed by atoms with Crippen LogP contribution >= 0.6 is 11.3 Å². The molecule has 0 bridgehead atoms. The fraction of sp³-hybridized carbons (Fsp3) is 0.0385. The summed E-state index contributed by atoms with van der Waals surface area (Å²) < 4.78 is 7.44. The second-order valence-electron chi connectivity index (χ2n) is 7.63. The van der Waals surface area contributed by atoms with Gasteiger partial charge in [-0.2, -0.15) is 11.3 Å². The molecule has 0 atom stereocenters. The van der Waals surface area contributed by atoms with E-state index in [2.05, 4.69) is 15.6 Å².